The molecular weight excluding hydrogens is 418 g/mol. The fourth-order valence-corrected chi connectivity index (χ4v) is 4.56. The lowest BCUT2D eigenvalue weighted by atomic mass is 10.1. The highest BCUT2D eigenvalue weighted by Crippen LogP contribution is 2.28. The minimum atomic E-state index is -1.51. The molecule has 0 aliphatic rings. The molecule has 0 radical (unpaired) electrons. The van der Waals surface area contributed by atoms with Crippen molar-refractivity contribution in [2.75, 3.05) is 11.9 Å². The highest BCUT2D eigenvalue weighted by molar-refractivity contribution is 7.20. The summed E-state index contributed by atoms with van der Waals surface area (Å²) in [4.78, 5) is 54.4. The number of thiophene rings is 1. The number of esters is 1. The Morgan fingerprint density at radius 1 is 1.19 bits per heavy atom. The van der Waals surface area contributed by atoms with E-state index in [2.05, 4.69) is 10.3 Å². The second kappa shape index (κ2) is 8.14. The number of carbonyl (C=O) groups is 2. The van der Waals surface area contributed by atoms with Crippen molar-refractivity contribution < 1.29 is 14.3 Å². The second-order valence-corrected chi connectivity index (χ2v) is 8.90. The maximum absolute atomic E-state index is 13.2. The average molecular weight is 444 g/mol. The largest absolute Gasteiger partial charge is 0.464 e. The van der Waals surface area contributed by atoms with Gasteiger partial charge in [0, 0.05) is 5.69 Å². The maximum atomic E-state index is 13.2. The smallest absolute Gasteiger partial charge is 0.332 e. The van der Waals surface area contributed by atoms with E-state index in [1.165, 1.54) is 13.8 Å². The van der Waals surface area contributed by atoms with Crippen molar-refractivity contribution in [1.29, 1.82) is 0 Å². The number of anilines is 1. The summed E-state index contributed by atoms with van der Waals surface area (Å²) in [7, 11) is 0. The van der Waals surface area contributed by atoms with Gasteiger partial charge in [0.2, 0.25) is 0 Å². The van der Waals surface area contributed by atoms with E-state index < -0.39 is 22.8 Å². The van der Waals surface area contributed by atoms with Gasteiger partial charge in [-0.15, -0.1) is 11.3 Å². The third-order valence-corrected chi connectivity index (χ3v) is 6.36. The lowest BCUT2D eigenvalue weighted by Gasteiger charge is -2.23. The average Bonchev–Trinajstić information content (AvgIpc) is 3.00. The standard InChI is InChI=1S/C22H25N3O5S/c1-7-30-20(28)22(5,6)25-19(27)15-13(4)16(31-18(15)24-21(25)29)17(26)23-14-9-8-11(2)10-12(14)3/h8-10H,7H2,1-6H3,(H,23,26)(H,24,29). The summed E-state index contributed by atoms with van der Waals surface area (Å²) in [6, 6.07) is 5.68. The number of hydrogen-bond donors (Lipinski definition) is 2. The number of nitrogens with one attached hydrogen (secondary N) is 2. The molecule has 0 saturated carbocycles. The molecule has 0 spiro atoms. The maximum Gasteiger partial charge on any atom is 0.332 e. The van der Waals surface area contributed by atoms with Crippen LogP contribution < -0.4 is 16.6 Å². The van der Waals surface area contributed by atoms with Crippen molar-refractivity contribution in [3.05, 3.63) is 60.6 Å². The predicted octanol–water partition coefficient (Wildman–Crippen LogP) is 3.23. The first-order valence-corrected chi connectivity index (χ1v) is 10.7. The van der Waals surface area contributed by atoms with Crippen LogP contribution >= 0.6 is 11.3 Å². The Balaban J connectivity index is 2.11. The molecule has 2 aromatic heterocycles. The minimum Gasteiger partial charge on any atom is -0.464 e. The molecule has 2 N–H and O–H groups in total. The third kappa shape index (κ3) is 3.93. The van der Waals surface area contributed by atoms with Gasteiger partial charge in [-0.05, 0) is 58.7 Å². The molecule has 0 aliphatic carbocycles. The van der Waals surface area contributed by atoms with Crippen LogP contribution in [-0.4, -0.2) is 28.0 Å². The molecule has 0 aliphatic heterocycles. The van der Waals surface area contributed by atoms with Crippen LogP contribution in [-0.2, 0) is 15.1 Å². The molecule has 1 aromatic carbocycles. The zero-order chi connectivity index (χ0) is 23.1. The molecule has 0 saturated heterocycles. The quantitative estimate of drug-likeness (QED) is 0.588. The van der Waals surface area contributed by atoms with Crippen LogP contribution in [0.1, 0.15) is 47.1 Å². The first-order valence-electron chi connectivity index (χ1n) is 9.83. The van der Waals surface area contributed by atoms with E-state index in [-0.39, 0.29) is 22.7 Å². The van der Waals surface area contributed by atoms with Crippen molar-refractivity contribution in [1.82, 2.24) is 9.55 Å². The monoisotopic (exact) mass is 443 g/mol. The number of fused-ring (bicyclic) bond motifs is 1. The lowest BCUT2D eigenvalue weighted by Crippen LogP contribution is -2.51. The summed E-state index contributed by atoms with van der Waals surface area (Å²) >= 11 is 1.03. The van der Waals surface area contributed by atoms with Crippen LogP contribution in [0.3, 0.4) is 0 Å². The number of benzene rings is 1. The van der Waals surface area contributed by atoms with Crippen molar-refractivity contribution in [3.63, 3.8) is 0 Å². The van der Waals surface area contributed by atoms with Gasteiger partial charge in [0.05, 0.1) is 16.9 Å². The Kier molecular flexibility index (Phi) is 5.91. The summed E-state index contributed by atoms with van der Waals surface area (Å²) < 4.78 is 5.88. The van der Waals surface area contributed by atoms with Crippen LogP contribution in [0.25, 0.3) is 10.2 Å². The molecule has 31 heavy (non-hydrogen) atoms. The number of carbonyl (C=O) groups excluding carboxylic acids is 2. The second-order valence-electron chi connectivity index (χ2n) is 7.88. The number of ether oxygens (including phenoxy) is 1. The van der Waals surface area contributed by atoms with Gasteiger partial charge < -0.3 is 10.1 Å². The van der Waals surface area contributed by atoms with Crippen molar-refractivity contribution in [3.8, 4) is 0 Å². The van der Waals surface area contributed by atoms with E-state index in [1.54, 1.807) is 13.8 Å². The van der Waals surface area contributed by atoms with Crippen LogP contribution in [0.15, 0.2) is 27.8 Å². The SMILES string of the molecule is CCOC(=O)C(C)(C)n1c(=O)[nH]c2sc(C(=O)Nc3ccc(C)cc3C)c(C)c2c1=O. The van der Waals surface area contributed by atoms with Gasteiger partial charge in [-0.25, -0.2) is 14.2 Å². The Hall–Kier alpha value is -3.20. The summed E-state index contributed by atoms with van der Waals surface area (Å²) in [5, 5.41) is 3.07. The number of hydrogen-bond acceptors (Lipinski definition) is 6. The van der Waals surface area contributed by atoms with Gasteiger partial charge in [0.15, 0.2) is 0 Å². The summed E-state index contributed by atoms with van der Waals surface area (Å²) in [5.74, 6) is -1.07. The fourth-order valence-electron chi connectivity index (χ4n) is 3.47. The number of aryl methyl sites for hydroxylation is 3. The number of aromatic amines is 1. The molecule has 0 atom stereocenters. The van der Waals surface area contributed by atoms with E-state index >= 15 is 0 Å². The predicted molar refractivity (Wildman–Crippen MR) is 121 cm³/mol. The van der Waals surface area contributed by atoms with Gasteiger partial charge in [0.25, 0.3) is 11.5 Å². The summed E-state index contributed by atoms with van der Waals surface area (Å²) in [6.45, 7) is 10.2. The van der Waals surface area contributed by atoms with Gasteiger partial charge in [0.1, 0.15) is 10.4 Å². The minimum absolute atomic E-state index is 0.122. The fraction of sp³-hybridized carbons (Fsp3) is 0.364. The highest BCUT2D eigenvalue weighted by atomic mass is 32.1. The zero-order valence-electron chi connectivity index (χ0n) is 18.3. The van der Waals surface area contributed by atoms with E-state index in [1.807, 2.05) is 32.0 Å². The first-order chi connectivity index (χ1) is 14.5. The van der Waals surface area contributed by atoms with Crippen LogP contribution in [0.2, 0.25) is 0 Å². The lowest BCUT2D eigenvalue weighted by molar-refractivity contribution is -0.152. The normalized spacial score (nSPS) is 11.5. The Morgan fingerprint density at radius 3 is 2.48 bits per heavy atom. The van der Waals surface area contributed by atoms with E-state index in [4.69, 9.17) is 4.74 Å². The molecule has 164 valence electrons. The number of H-pyrrole nitrogens is 1. The number of amides is 1. The summed E-state index contributed by atoms with van der Waals surface area (Å²) in [6.07, 6.45) is 0. The number of nitrogens with zero attached hydrogens (tertiary/aromatic N) is 1. The van der Waals surface area contributed by atoms with Crippen LogP contribution in [0.4, 0.5) is 5.69 Å². The van der Waals surface area contributed by atoms with Gasteiger partial charge >= 0.3 is 11.7 Å². The molecule has 9 heteroatoms. The number of rotatable bonds is 5. The molecule has 3 rings (SSSR count). The summed E-state index contributed by atoms with van der Waals surface area (Å²) in [5.41, 5.74) is 0.216. The van der Waals surface area contributed by atoms with E-state index in [9.17, 15) is 19.2 Å². The van der Waals surface area contributed by atoms with Gasteiger partial charge in [-0.1, -0.05) is 17.7 Å². The molecular formula is C22H25N3O5S. The Morgan fingerprint density at radius 2 is 1.87 bits per heavy atom. The van der Waals surface area contributed by atoms with Crippen LogP contribution in [0, 0.1) is 20.8 Å². The molecule has 0 fully saturated rings. The number of aromatic nitrogens is 2. The molecule has 8 nitrogen and oxygen atoms in total. The molecule has 0 unspecified atom stereocenters. The van der Waals surface area contributed by atoms with Crippen molar-refractivity contribution in [2.24, 2.45) is 0 Å². The first kappa shape index (κ1) is 22.5. The van der Waals surface area contributed by atoms with Gasteiger partial charge in [-0.2, -0.15) is 0 Å². The van der Waals surface area contributed by atoms with Crippen molar-refractivity contribution in [2.45, 2.75) is 47.1 Å². The molecule has 3 aromatic rings. The molecule has 2 heterocycles. The van der Waals surface area contributed by atoms with Crippen molar-refractivity contribution >= 4 is 39.1 Å². The van der Waals surface area contributed by atoms with E-state index in [0.29, 0.717) is 16.1 Å². The molecule has 1 amide bonds. The third-order valence-electron chi connectivity index (χ3n) is 5.16. The van der Waals surface area contributed by atoms with E-state index in [0.717, 1.165) is 27.0 Å². The van der Waals surface area contributed by atoms with Crippen LogP contribution in [0.5, 0.6) is 0 Å². The Bertz CT molecular complexity index is 1310. The Labute approximate surface area is 182 Å². The molecule has 0 bridgehead atoms. The zero-order valence-corrected chi connectivity index (χ0v) is 19.2. The highest BCUT2D eigenvalue weighted by Gasteiger charge is 2.35. The topological polar surface area (TPSA) is 110 Å². The van der Waals surface area contributed by atoms with Gasteiger partial charge in [-0.3, -0.25) is 14.6 Å².